The van der Waals surface area contributed by atoms with Crippen molar-refractivity contribution in [3.05, 3.63) is 58.0 Å². The minimum atomic E-state index is 0.000903. The van der Waals surface area contributed by atoms with Crippen LogP contribution in [0.2, 0.25) is 0 Å². The molecule has 90 valence electrons. The number of aryl methyl sites for hydroxylation is 2. The van der Waals surface area contributed by atoms with E-state index in [4.69, 9.17) is 0 Å². The molecule has 3 aromatic rings. The number of aromatic nitrogens is 2. The van der Waals surface area contributed by atoms with E-state index in [9.17, 15) is 4.79 Å². The van der Waals surface area contributed by atoms with Crippen LogP contribution in [-0.2, 0) is 0 Å². The molecule has 0 fully saturated rings. The average molecular weight is 303 g/mol. The number of hydrogen-bond donors (Lipinski definition) is 0. The third-order valence-corrected chi connectivity index (χ3v) is 5.07. The van der Waals surface area contributed by atoms with E-state index in [1.807, 2.05) is 50.2 Å². The van der Waals surface area contributed by atoms with Crippen molar-refractivity contribution in [3.63, 3.8) is 0 Å². The van der Waals surface area contributed by atoms with Gasteiger partial charge < -0.3 is 0 Å². The summed E-state index contributed by atoms with van der Waals surface area (Å²) in [6.45, 7) is 3.98. The molecule has 0 aliphatic rings. The molecule has 2 aromatic heterocycles. The number of pyridine rings is 1. The minimum absolute atomic E-state index is 0.000903. The summed E-state index contributed by atoms with van der Waals surface area (Å²) in [5, 5.41) is 0.818. The van der Waals surface area contributed by atoms with Gasteiger partial charge in [-0.25, -0.2) is 0 Å². The Hall–Kier alpha value is -1.64. The Morgan fingerprint density at radius 3 is 2.67 bits per heavy atom. The summed E-state index contributed by atoms with van der Waals surface area (Å²) in [6, 6.07) is 11.8. The second-order valence-corrected chi connectivity index (χ2v) is 6.40. The summed E-state index contributed by atoms with van der Waals surface area (Å²) in [5.41, 5.74) is 2.16. The molecule has 3 rings (SSSR count). The van der Waals surface area contributed by atoms with Crippen molar-refractivity contribution in [2.45, 2.75) is 13.8 Å². The molecule has 3 nitrogen and oxygen atoms in total. The summed E-state index contributed by atoms with van der Waals surface area (Å²) >= 11 is 0.000903. The fourth-order valence-electron chi connectivity index (χ4n) is 2.05. The molecule has 0 bridgehead atoms. The van der Waals surface area contributed by atoms with Crippen LogP contribution in [0.15, 0.2) is 41.2 Å². The van der Waals surface area contributed by atoms with Crippen molar-refractivity contribution in [1.82, 2.24) is 8.55 Å². The van der Waals surface area contributed by atoms with Gasteiger partial charge in [0.2, 0.25) is 0 Å². The molecule has 18 heavy (non-hydrogen) atoms. The zero-order valence-corrected chi connectivity index (χ0v) is 11.9. The zero-order valence-electron chi connectivity index (χ0n) is 10.2. The van der Waals surface area contributed by atoms with Crippen LogP contribution in [-0.4, -0.2) is 23.3 Å². The van der Waals surface area contributed by atoms with E-state index in [1.165, 1.54) is 0 Å². The van der Waals surface area contributed by atoms with Crippen molar-refractivity contribution < 1.29 is 0 Å². The van der Waals surface area contributed by atoms with Gasteiger partial charge in [0.25, 0.3) is 0 Å². The molecule has 0 N–H and O–H groups in total. The van der Waals surface area contributed by atoms with Crippen LogP contribution in [0.1, 0.15) is 11.3 Å². The Labute approximate surface area is 111 Å². The third-order valence-electron chi connectivity index (χ3n) is 2.78. The molecule has 0 spiro atoms. The third kappa shape index (κ3) is 1.84. The van der Waals surface area contributed by atoms with Crippen molar-refractivity contribution in [3.8, 4) is 5.82 Å². The van der Waals surface area contributed by atoms with E-state index in [0.717, 1.165) is 26.7 Å². The summed E-state index contributed by atoms with van der Waals surface area (Å²) < 4.78 is 2.94. The summed E-state index contributed by atoms with van der Waals surface area (Å²) in [7, 11) is 0. The molecular formula is C14H12N2OSe. The maximum atomic E-state index is 12.3. The van der Waals surface area contributed by atoms with E-state index < -0.39 is 0 Å². The van der Waals surface area contributed by atoms with E-state index in [-0.39, 0.29) is 20.3 Å². The second kappa shape index (κ2) is 4.23. The number of rotatable bonds is 1. The Kier molecular flexibility index (Phi) is 2.69. The molecule has 4 heteroatoms. The standard InChI is InChI=1S/C14H12N2OSe/c1-9-7-10(2)15-13(8-9)16-14(17)11-5-3-4-6-12(11)18-16/h3-8H,1-2H3. The maximum absolute atomic E-state index is 12.3. The fourth-order valence-corrected chi connectivity index (χ4v) is 4.06. The van der Waals surface area contributed by atoms with Crippen LogP contribution < -0.4 is 5.56 Å². The first kappa shape index (κ1) is 11.4. The van der Waals surface area contributed by atoms with Gasteiger partial charge in [-0.1, -0.05) is 0 Å². The first-order chi connectivity index (χ1) is 8.65. The Balaban J connectivity index is 2.31. The van der Waals surface area contributed by atoms with Crippen molar-refractivity contribution >= 4 is 24.4 Å². The quantitative estimate of drug-likeness (QED) is 0.645. The van der Waals surface area contributed by atoms with Crippen LogP contribution in [0.25, 0.3) is 15.5 Å². The predicted octanol–water partition coefficient (Wildman–Crippen LogP) is 2.06. The van der Waals surface area contributed by atoms with Gasteiger partial charge in [-0.2, -0.15) is 0 Å². The molecule has 0 saturated carbocycles. The molecule has 1 aromatic carbocycles. The number of benzene rings is 1. The van der Waals surface area contributed by atoms with Gasteiger partial charge in [-0.05, 0) is 0 Å². The van der Waals surface area contributed by atoms with E-state index in [2.05, 4.69) is 4.98 Å². The van der Waals surface area contributed by atoms with Gasteiger partial charge in [0, 0.05) is 0 Å². The number of fused-ring (bicyclic) bond motifs is 1. The van der Waals surface area contributed by atoms with Gasteiger partial charge in [0.1, 0.15) is 0 Å². The van der Waals surface area contributed by atoms with Crippen molar-refractivity contribution in [1.29, 1.82) is 0 Å². The van der Waals surface area contributed by atoms with E-state index >= 15 is 0 Å². The number of nitrogens with zero attached hydrogens (tertiary/aromatic N) is 2. The zero-order chi connectivity index (χ0) is 12.7. The van der Waals surface area contributed by atoms with Crippen molar-refractivity contribution in [2.75, 3.05) is 0 Å². The molecule has 0 aliphatic carbocycles. The van der Waals surface area contributed by atoms with Gasteiger partial charge in [0.15, 0.2) is 0 Å². The Bertz CT molecular complexity index is 766. The predicted molar refractivity (Wildman–Crippen MR) is 73.8 cm³/mol. The van der Waals surface area contributed by atoms with Gasteiger partial charge >= 0.3 is 111 Å². The van der Waals surface area contributed by atoms with Gasteiger partial charge in [-0.15, -0.1) is 0 Å². The normalized spacial score (nSPS) is 11.0. The Morgan fingerprint density at radius 1 is 1.17 bits per heavy atom. The molecular weight excluding hydrogens is 291 g/mol. The SMILES string of the molecule is Cc1cc(C)nc(-n2[se]c3ccccc3c2=O)c1. The first-order valence-electron chi connectivity index (χ1n) is 5.72. The average Bonchev–Trinajstić information content (AvgIpc) is 2.66. The second-order valence-electron chi connectivity index (χ2n) is 4.33. The van der Waals surface area contributed by atoms with E-state index in [0.29, 0.717) is 0 Å². The molecule has 0 aliphatic heterocycles. The summed E-state index contributed by atoms with van der Waals surface area (Å²) in [4.78, 5) is 16.8. The van der Waals surface area contributed by atoms with Gasteiger partial charge in [-0.3, -0.25) is 0 Å². The molecule has 0 atom stereocenters. The fraction of sp³-hybridized carbons (Fsp3) is 0.143. The molecule has 0 saturated heterocycles. The monoisotopic (exact) mass is 304 g/mol. The van der Waals surface area contributed by atoms with Crippen LogP contribution in [0.3, 0.4) is 0 Å². The van der Waals surface area contributed by atoms with Crippen LogP contribution in [0.4, 0.5) is 0 Å². The summed E-state index contributed by atoms with van der Waals surface area (Å²) in [5.74, 6) is 0.772. The van der Waals surface area contributed by atoms with Gasteiger partial charge in [0.05, 0.1) is 0 Å². The molecule has 0 radical (unpaired) electrons. The molecule has 2 heterocycles. The molecule has 0 amide bonds. The Morgan fingerprint density at radius 2 is 1.94 bits per heavy atom. The van der Waals surface area contributed by atoms with Crippen LogP contribution >= 0.6 is 0 Å². The number of hydrogen-bond acceptors (Lipinski definition) is 2. The summed E-state index contributed by atoms with van der Waals surface area (Å²) in [6.07, 6.45) is 0. The van der Waals surface area contributed by atoms with Crippen molar-refractivity contribution in [2.24, 2.45) is 0 Å². The van der Waals surface area contributed by atoms with Crippen LogP contribution in [0, 0.1) is 13.8 Å². The van der Waals surface area contributed by atoms with Crippen LogP contribution in [0.5, 0.6) is 0 Å². The molecule has 0 unspecified atom stereocenters. The van der Waals surface area contributed by atoms with E-state index in [1.54, 1.807) is 3.56 Å². The first-order valence-corrected chi connectivity index (χ1v) is 7.34. The topological polar surface area (TPSA) is 34.9 Å².